The van der Waals surface area contributed by atoms with Crippen molar-refractivity contribution in [2.75, 3.05) is 0 Å². The first kappa shape index (κ1) is 4.96. The summed E-state index contributed by atoms with van der Waals surface area (Å²) in [5.74, 6) is 0. The van der Waals surface area contributed by atoms with E-state index < -0.39 is 5.18 Å². The molecule has 0 fully saturated rings. The number of hydrogen-bond acceptors (Lipinski definition) is 4. The van der Waals surface area contributed by atoms with Crippen LogP contribution in [0.1, 0.15) is 0 Å². The van der Waals surface area contributed by atoms with Gasteiger partial charge in [-0.25, -0.2) is 0 Å². The monoisotopic (exact) mass is 118 g/mol. The van der Waals surface area contributed by atoms with Crippen LogP contribution in [-0.2, 0) is 0 Å². The van der Waals surface area contributed by atoms with Gasteiger partial charge in [0.25, 0.3) is 0 Å². The Balaban J connectivity index is 2.49. The maximum absolute atomic E-state index is 8.76. The second kappa shape index (κ2) is 1.40. The summed E-state index contributed by atoms with van der Waals surface area (Å²) in [5, 5.41) is 11.7. The summed E-state index contributed by atoms with van der Waals surface area (Å²) in [6.07, 6.45) is 1.60. The number of nitrogens with one attached hydrogen (secondary N) is 1. The van der Waals surface area contributed by atoms with Gasteiger partial charge in [-0.2, -0.15) is 0 Å². The molecule has 0 amide bonds. The minimum atomic E-state index is -1.25. The molecule has 0 bridgehead atoms. The number of nitrogens with two attached hydrogens (primary N) is 1. The maximum Gasteiger partial charge on any atom is 0.245 e. The molecule has 1 unspecified atom stereocenters. The number of thioether (sulfide) groups is 1. The number of hydrogen-bond donors (Lipinski definition) is 3. The third-order valence-electron chi connectivity index (χ3n) is 0.606. The van der Waals surface area contributed by atoms with Crippen molar-refractivity contribution in [1.29, 1.82) is 0 Å². The predicted molar refractivity (Wildman–Crippen MR) is 29.0 cm³/mol. The van der Waals surface area contributed by atoms with E-state index in [4.69, 9.17) is 10.8 Å². The van der Waals surface area contributed by atoms with Gasteiger partial charge in [0.15, 0.2) is 0 Å². The van der Waals surface area contributed by atoms with Gasteiger partial charge >= 0.3 is 0 Å². The Morgan fingerprint density at radius 3 is 2.71 bits per heavy atom. The fourth-order valence-corrected chi connectivity index (χ4v) is 0.805. The topological polar surface area (TPSA) is 58.3 Å². The van der Waals surface area contributed by atoms with E-state index >= 15 is 0 Å². The molecule has 1 aliphatic heterocycles. The molecule has 0 aliphatic carbocycles. The van der Waals surface area contributed by atoms with Crippen LogP contribution in [0.2, 0.25) is 0 Å². The normalized spacial score (nSPS) is 38.6. The molecular weight excluding hydrogens is 112 g/mol. The van der Waals surface area contributed by atoms with Crippen molar-refractivity contribution in [3.8, 4) is 0 Å². The molecule has 7 heavy (non-hydrogen) atoms. The lowest BCUT2D eigenvalue weighted by Gasteiger charge is -2.13. The van der Waals surface area contributed by atoms with Gasteiger partial charge in [-0.3, -0.25) is 5.73 Å². The summed E-state index contributed by atoms with van der Waals surface area (Å²) in [7, 11) is 0. The second-order valence-electron chi connectivity index (χ2n) is 1.26. The van der Waals surface area contributed by atoms with Crippen LogP contribution in [0.4, 0.5) is 0 Å². The molecule has 0 aromatic carbocycles. The summed E-state index contributed by atoms with van der Waals surface area (Å²) in [6, 6.07) is 0. The highest BCUT2D eigenvalue weighted by Crippen LogP contribution is 2.18. The minimum Gasteiger partial charge on any atom is -0.350 e. The van der Waals surface area contributed by atoms with E-state index in [0.717, 1.165) is 11.8 Å². The summed E-state index contributed by atoms with van der Waals surface area (Å²) < 4.78 is 0. The minimum absolute atomic E-state index is 1.14. The highest BCUT2D eigenvalue weighted by Gasteiger charge is 2.20. The molecule has 1 atom stereocenters. The quantitative estimate of drug-likeness (QED) is 0.370. The van der Waals surface area contributed by atoms with Crippen molar-refractivity contribution in [2.24, 2.45) is 5.73 Å². The molecule has 4 heteroatoms. The van der Waals surface area contributed by atoms with E-state index in [1.54, 1.807) is 11.6 Å². The molecule has 1 heterocycles. The van der Waals surface area contributed by atoms with Gasteiger partial charge in [0, 0.05) is 6.20 Å². The van der Waals surface area contributed by atoms with E-state index in [-0.39, 0.29) is 0 Å². The molecule has 40 valence electrons. The van der Waals surface area contributed by atoms with Crippen LogP contribution in [0.5, 0.6) is 0 Å². The molecular formula is C3H6N2OS. The van der Waals surface area contributed by atoms with Gasteiger partial charge in [-0.1, -0.05) is 11.8 Å². The molecule has 1 aliphatic rings. The molecule has 4 N–H and O–H groups in total. The summed E-state index contributed by atoms with van der Waals surface area (Å²) >= 11 is 1.14. The lowest BCUT2D eigenvalue weighted by Crippen LogP contribution is -2.44. The Kier molecular flexibility index (Phi) is 0.989. The highest BCUT2D eigenvalue weighted by molar-refractivity contribution is 8.03. The fourth-order valence-electron chi connectivity index (χ4n) is 0.325. The highest BCUT2D eigenvalue weighted by atomic mass is 32.2. The largest absolute Gasteiger partial charge is 0.350 e. The molecule has 0 aromatic rings. The summed E-state index contributed by atoms with van der Waals surface area (Å²) in [6.45, 7) is 0. The van der Waals surface area contributed by atoms with Crippen LogP contribution in [0.3, 0.4) is 0 Å². The molecule has 0 spiro atoms. The van der Waals surface area contributed by atoms with E-state index in [1.165, 1.54) is 0 Å². The summed E-state index contributed by atoms with van der Waals surface area (Å²) in [4.78, 5) is 0. The zero-order valence-corrected chi connectivity index (χ0v) is 4.40. The van der Waals surface area contributed by atoms with Crippen LogP contribution >= 0.6 is 11.8 Å². The average Bonchev–Trinajstić information content (AvgIpc) is 1.84. The van der Waals surface area contributed by atoms with Gasteiger partial charge < -0.3 is 10.4 Å². The van der Waals surface area contributed by atoms with Crippen LogP contribution in [-0.4, -0.2) is 10.3 Å². The van der Waals surface area contributed by atoms with Gasteiger partial charge in [-0.05, 0) is 5.41 Å². The van der Waals surface area contributed by atoms with E-state index in [1.807, 2.05) is 0 Å². The lowest BCUT2D eigenvalue weighted by atomic mass is 10.9. The maximum atomic E-state index is 8.76. The molecule has 0 saturated heterocycles. The fraction of sp³-hybridized carbons (Fsp3) is 0.333. The van der Waals surface area contributed by atoms with E-state index in [2.05, 4.69) is 5.32 Å². The molecule has 3 nitrogen and oxygen atoms in total. The first-order chi connectivity index (χ1) is 3.21. The zero-order valence-electron chi connectivity index (χ0n) is 3.59. The Morgan fingerprint density at radius 1 is 1.86 bits per heavy atom. The van der Waals surface area contributed by atoms with Gasteiger partial charge in [0.1, 0.15) is 0 Å². The van der Waals surface area contributed by atoms with Gasteiger partial charge in [0.05, 0.1) is 0 Å². The first-order valence-electron chi connectivity index (χ1n) is 1.82. The SMILES string of the molecule is NC1(O)NC=CS1. The van der Waals surface area contributed by atoms with E-state index in [9.17, 15) is 0 Å². The van der Waals surface area contributed by atoms with Crippen molar-refractivity contribution in [1.82, 2.24) is 5.32 Å². The number of rotatable bonds is 0. The Morgan fingerprint density at radius 2 is 2.57 bits per heavy atom. The first-order valence-corrected chi connectivity index (χ1v) is 2.70. The van der Waals surface area contributed by atoms with E-state index in [0.29, 0.717) is 0 Å². The zero-order chi connectivity index (χ0) is 5.33. The standard InChI is InChI=1S/C3H6N2OS/c4-3(6)5-1-2-7-3/h1-2,5-6H,4H2. The van der Waals surface area contributed by atoms with Crippen molar-refractivity contribution >= 4 is 11.8 Å². The predicted octanol–water partition coefficient (Wildman–Crippen LogP) is -0.644. The average molecular weight is 118 g/mol. The van der Waals surface area contributed by atoms with Gasteiger partial charge in [-0.15, -0.1) is 0 Å². The second-order valence-corrected chi connectivity index (χ2v) is 2.39. The van der Waals surface area contributed by atoms with Crippen LogP contribution in [0, 0.1) is 0 Å². The molecule has 0 saturated carbocycles. The Bertz CT molecular complexity index is 91.1. The third-order valence-corrected chi connectivity index (χ3v) is 1.36. The molecule has 1 rings (SSSR count). The lowest BCUT2D eigenvalue weighted by molar-refractivity contribution is 0.127. The van der Waals surface area contributed by atoms with Crippen molar-refractivity contribution in [2.45, 2.75) is 5.18 Å². The van der Waals surface area contributed by atoms with Crippen molar-refractivity contribution < 1.29 is 5.11 Å². The summed E-state index contributed by atoms with van der Waals surface area (Å²) in [5.41, 5.74) is 5.12. The van der Waals surface area contributed by atoms with Crippen molar-refractivity contribution in [3.05, 3.63) is 11.6 Å². The van der Waals surface area contributed by atoms with Crippen molar-refractivity contribution in [3.63, 3.8) is 0 Å². The third kappa shape index (κ3) is 1.09. The Hall–Kier alpha value is -0.190. The van der Waals surface area contributed by atoms with Gasteiger partial charge in [0.2, 0.25) is 5.18 Å². The Labute approximate surface area is 45.6 Å². The van der Waals surface area contributed by atoms with Crippen LogP contribution in [0.15, 0.2) is 11.6 Å². The smallest absolute Gasteiger partial charge is 0.245 e. The van der Waals surface area contributed by atoms with Crippen LogP contribution in [0.25, 0.3) is 0 Å². The molecule has 0 radical (unpaired) electrons. The number of aliphatic hydroxyl groups is 1. The van der Waals surface area contributed by atoms with Crippen LogP contribution < -0.4 is 11.1 Å². The molecule has 0 aromatic heterocycles.